The van der Waals surface area contributed by atoms with E-state index in [0.717, 1.165) is 45.8 Å². The van der Waals surface area contributed by atoms with Gasteiger partial charge in [0.15, 0.2) is 0 Å². The van der Waals surface area contributed by atoms with E-state index >= 15 is 0 Å². The maximum absolute atomic E-state index is 12.0. The average Bonchev–Trinajstić information content (AvgIpc) is 2.65. The number of carbonyl (C=O) groups is 1. The molecule has 1 unspecified atom stereocenters. The number of ether oxygens (including phenoxy) is 1. The van der Waals surface area contributed by atoms with Crippen molar-refractivity contribution in [2.24, 2.45) is 0 Å². The van der Waals surface area contributed by atoms with Crippen molar-refractivity contribution < 1.29 is 9.53 Å². The number of benzene rings is 1. The van der Waals surface area contributed by atoms with Crippen molar-refractivity contribution in [3.63, 3.8) is 0 Å². The lowest BCUT2D eigenvalue weighted by molar-refractivity contribution is -0.134. The Kier molecular flexibility index (Phi) is 6.60. The van der Waals surface area contributed by atoms with Gasteiger partial charge in [-0.15, -0.1) is 0 Å². The number of carbonyl (C=O) groups excluding carboxylic acids is 1. The number of hydrogen-bond acceptors (Lipinski definition) is 5. The topological polar surface area (TPSA) is 56.8 Å². The summed E-state index contributed by atoms with van der Waals surface area (Å²) < 4.78 is 5.46. The molecular weight excluding hydrogens is 304 g/mol. The van der Waals surface area contributed by atoms with Crippen LogP contribution >= 0.6 is 0 Å². The fourth-order valence-corrected chi connectivity index (χ4v) is 3.20. The fourth-order valence-electron chi connectivity index (χ4n) is 3.20. The van der Waals surface area contributed by atoms with E-state index in [4.69, 9.17) is 4.74 Å². The molecule has 2 heterocycles. The number of nitrogens with one attached hydrogen (secondary N) is 2. The maximum atomic E-state index is 12.0. The molecule has 0 radical (unpaired) electrons. The Morgan fingerprint density at radius 3 is 2.62 bits per heavy atom. The quantitative estimate of drug-likeness (QED) is 0.762. The first kappa shape index (κ1) is 17.4. The molecule has 0 aromatic heterocycles. The minimum absolute atomic E-state index is 0.00455. The van der Waals surface area contributed by atoms with Gasteiger partial charge < -0.3 is 15.4 Å². The van der Waals surface area contributed by atoms with Crippen LogP contribution in [-0.2, 0) is 16.1 Å². The molecule has 2 saturated heterocycles. The molecule has 0 saturated carbocycles. The molecule has 1 aromatic rings. The van der Waals surface area contributed by atoms with Crippen molar-refractivity contribution in [1.29, 1.82) is 0 Å². The number of amides is 1. The highest BCUT2D eigenvalue weighted by Crippen LogP contribution is 2.08. The largest absolute Gasteiger partial charge is 0.366 e. The van der Waals surface area contributed by atoms with Gasteiger partial charge in [-0.05, 0) is 5.56 Å². The summed E-state index contributed by atoms with van der Waals surface area (Å²) in [4.78, 5) is 16.9. The SMILES string of the molecule is O=C(NCCN1CCN(Cc2ccccc2)CC1)C1CNCCO1. The van der Waals surface area contributed by atoms with E-state index in [9.17, 15) is 4.79 Å². The lowest BCUT2D eigenvalue weighted by Crippen LogP contribution is -2.51. The molecular formula is C18H28N4O2. The number of morpholine rings is 1. The first-order chi connectivity index (χ1) is 11.8. The zero-order valence-corrected chi connectivity index (χ0v) is 14.2. The summed E-state index contributed by atoms with van der Waals surface area (Å²) in [6.07, 6.45) is -0.332. The summed E-state index contributed by atoms with van der Waals surface area (Å²) in [5, 5.41) is 6.17. The predicted octanol–water partition coefficient (Wildman–Crippen LogP) is -0.0912. The minimum atomic E-state index is -0.332. The van der Waals surface area contributed by atoms with E-state index in [1.807, 2.05) is 0 Å². The Hall–Kier alpha value is -1.47. The molecule has 2 aliphatic rings. The van der Waals surface area contributed by atoms with Crippen LogP contribution in [0.3, 0.4) is 0 Å². The second-order valence-electron chi connectivity index (χ2n) is 6.46. The van der Waals surface area contributed by atoms with Crippen molar-refractivity contribution in [3.8, 4) is 0 Å². The van der Waals surface area contributed by atoms with Crippen LogP contribution < -0.4 is 10.6 Å². The van der Waals surface area contributed by atoms with Crippen LogP contribution in [0.25, 0.3) is 0 Å². The molecule has 1 amide bonds. The van der Waals surface area contributed by atoms with Gasteiger partial charge in [0.25, 0.3) is 5.91 Å². The molecule has 2 aliphatic heterocycles. The maximum Gasteiger partial charge on any atom is 0.250 e. The third-order valence-corrected chi connectivity index (χ3v) is 4.66. The van der Waals surface area contributed by atoms with Gasteiger partial charge in [0.05, 0.1) is 6.61 Å². The van der Waals surface area contributed by atoms with Crippen molar-refractivity contribution in [2.75, 3.05) is 59.0 Å². The van der Waals surface area contributed by atoms with Crippen LogP contribution in [0.1, 0.15) is 5.56 Å². The fraction of sp³-hybridized carbons (Fsp3) is 0.611. The number of piperazine rings is 1. The number of nitrogens with zero attached hydrogens (tertiary/aromatic N) is 2. The van der Waals surface area contributed by atoms with E-state index < -0.39 is 0 Å². The standard InChI is InChI=1S/C18H28N4O2/c23-18(17-14-19-7-13-24-17)20-6-8-21-9-11-22(12-10-21)15-16-4-2-1-3-5-16/h1-5,17,19H,6-15H2,(H,20,23). The molecule has 6 nitrogen and oxygen atoms in total. The van der Waals surface area contributed by atoms with Crippen LogP contribution in [0.4, 0.5) is 0 Å². The third kappa shape index (κ3) is 5.27. The Labute approximate surface area is 144 Å². The summed E-state index contributed by atoms with van der Waals surface area (Å²) in [5.41, 5.74) is 1.37. The summed E-state index contributed by atoms with van der Waals surface area (Å²) in [6, 6.07) is 10.6. The Balaban J connectivity index is 1.30. The average molecular weight is 332 g/mol. The normalized spacial score (nSPS) is 23.1. The van der Waals surface area contributed by atoms with E-state index in [-0.39, 0.29) is 12.0 Å². The van der Waals surface area contributed by atoms with Gasteiger partial charge in [-0.1, -0.05) is 30.3 Å². The van der Waals surface area contributed by atoms with E-state index in [2.05, 4.69) is 50.8 Å². The molecule has 0 bridgehead atoms. The molecule has 0 aliphatic carbocycles. The van der Waals surface area contributed by atoms with Crippen LogP contribution in [0, 0.1) is 0 Å². The highest BCUT2D eigenvalue weighted by atomic mass is 16.5. The van der Waals surface area contributed by atoms with Crippen molar-refractivity contribution in [2.45, 2.75) is 12.6 Å². The van der Waals surface area contributed by atoms with Gasteiger partial charge in [-0.25, -0.2) is 0 Å². The van der Waals surface area contributed by atoms with E-state index in [1.54, 1.807) is 0 Å². The molecule has 6 heteroatoms. The lowest BCUT2D eigenvalue weighted by atomic mass is 10.2. The van der Waals surface area contributed by atoms with Gasteiger partial charge in [-0.2, -0.15) is 0 Å². The molecule has 2 fully saturated rings. The Morgan fingerprint density at radius 1 is 1.17 bits per heavy atom. The zero-order valence-electron chi connectivity index (χ0n) is 14.2. The van der Waals surface area contributed by atoms with Gasteiger partial charge in [0.2, 0.25) is 0 Å². The van der Waals surface area contributed by atoms with Crippen LogP contribution in [0.5, 0.6) is 0 Å². The predicted molar refractivity (Wildman–Crippen MR) is 93.8 cm³/mol. The van der Waals surface area contributed by atoms with Crippen molar-refractivity contribution >= 4 is 5.91 Å². The van der Waals surface area contributed by atoms with Gasteiger partial charge in [0.1, 0.15) is 6.10 Å². The lowest BCUT2D eigenvalue weighted by Gasteiger charge is -2.34. The molecule has 1 atom stereocenters. The second-order valence-corrected chi connectivity index (χ2v) is 6.46. The van der Waals surface area contributed by atoms with Gasteiger partial charge in [0, 0.05) is 58.9 Å². The van der Waals surface area contributed by atoms with Gasteiger partial charge >= 0.3 is 0 Å². The second kappa shape index (κ2) is 9.13. The summed E-state index contributed by atoms with van der Waals surface area (Å²) in [6.45, 7) is 8.97. The van der Waals surface area contributed by atoms with Gasteiger partial charge in [-0.3, -0.25) is 14.6 Å². The smallest absolute Gasteiger partial charge is 0.250 e. The Morgan fingerprint density at radius 2 is 1.92 bits per heavy atom. The van der Waals surface area contributed by atoms with Crippen LogP contribution in [0.2, 0.25) is 0 Å². The van der Waals surface area contributed by atoms with E-state index in [0.29, 0.717) is 19.7 Å². The summed E-state index contributed by atoms with van der Waals surface area (Å²) in [7, 11) is 0. The van der Waals surface area contributed by atoms with Crippen molar-refractivity contribution in [3.05, 3.63) is 35.9 Å². The molecule has 0 spiro atoms. The molecule has 3 rings (SSSR count). The first-order valence-electron chi connectivity index (χ1n) is 8.90. The van der Waals surface area contributed by atoms with E-state index in [1.165, 1.54) is 5.56 Å². The molecule has 132 valence electrons. The highest BCUT2D eigenvalue weighted by Gasteiger charge is 2.22. The Bertz CT molecular complexity index is 497. The number of rotatable bonds is 6. The minimum Gasteiger partial charge on any atom is -0.366 e. The summed E-state index contributed by atoms with van der Waals surface area (Å²) >= 11 is 0. The third-order valence-electron chi connectivity index (χ3n) is 4.66. The number of hydrogen-bond donors (Lipinski definition) is 2. The zero-order chi connectivity index (χ0) is 16.6. The van der Waals surface area contributed by atoms with Crippen LogP contribution in [-0.4, -0.2) is 80.8 Å². The monoisotopic (exact) mass is 332 g/mol. The van der Waals surface area contributed by atoms with Crippen molar-refractivity contribution in [1.82, 2.24) is 20.4 Å². The first-order valence-corrected chi connectivity index (χ1v) is 8.90. The molecule has 1 aromatic carbocycles. The molecule has 2 N–H and O–H groups in total. The summed E-state index contributed by atoms with van der Waals surface area (Å²) in [5.74, 6) is 0.00455. The van der Waals surface area contributed by atoms with Crippen LogP contribution in [0.15, 0.2) is 30.3 Å². The molecule has 24 heavy (non-hydrogen) atoms. The highest BCUT2D eigenvalue weighted by molar-refractivity contribution is 5.81.